The first-order valence-electron chi connectivity index (χ1n) is 5.98. The maximum atomic E-state index is 10.6. The molecule has 0 spiro atoms. The zero-order chi connectivity index (χ0) is 12.7. The normalized spacial score (nSPS) is 13.1. The molecule has 0 radical (unpaired) electrons. The highest BCUT2D eigenvalue weighted by Gasteiger charge is 2.17. The fourth-order valence-electron chi connectivity index (χ4n) is 2.44. The van der Waals surface area contributed by atoms with E-state index >= 15 is 0 Å². The molecule has 0 aliphatic carbocycles. The average Bonchev–Trinajstić information content (AvgIpc) is 2.94. The molecule has 92 valence electrons. The first-order valence-corrected chi connectivity index (χ1v) is 6.79. The number of benzene rings is 1. The molecule has 1 aromatic carbocycles. The molecule has 0 fully saturated rings. The number of nitrogens with one attached hydrogen (secondary N) is 1. The summed E-state index contributed by atoms with van der Waals surface area (Å²) in [6, 6.07) is 10.1. The van der Waals surface area contributed by atoms with Gasteiger partial charge in [-0.2, -0.15) is 0 Å². The Morgan fingerprint density at radius 1 is 1.17 bits per heavy atom. The van der Waals surface area contributed by atoms with Crippen LogP contribution < -0.4 is 0 Å². The van der Waals surface area contributed by atoms with Crippen molar-refractivity contribution in [3.63, 3.8) is 0 Å². The molecule has 0 bridgehead atoms. The number of hydrogen-bond donors (Lipinski definition) is 2. The Morgan fingerprint density at radius 2 is 2.00 bits per heavy atom. The number of rotatable bonds is 2. The van der Waals surface area contributed by atoms with Crippen LogP contribution >= 0.6 is 11.3 Å². The fraction of sp³-hybridized carbons (Fsp3) is 0.200. The first-order chi connectivity index (χ1) is 8.66. The molecule has 3 heteroatoms. The summed E-state index contributed by atoms with van der Waals surface area (Å²) in [4.78, 5) is 5.60. The average molecular weight is 257 g/mol. The van der Waals surface area contributed by atoms with Gasteiger partial charge >= 0.3 is 0 Å². The van der Waals surface area contributed by atoms with Crippen molar-refractivity contribution < 1.29 is 5.11 Å². The minimum atomic E-state index is -0.547. The highest BCUT2D eigenvalue weighted by Crippen LogP contribution is 2.33. The van der Waals surface area contributed by atoms with E-state index in [1.54, 1.807) is 11.3 Å². The van der Waals surface area contributed by atoms with Crippen LogP contribution in [0.3, 0.4) is 0 Å². The van der Waals surface area contributed by atoms with Gasteiger partial charge in [-0.3, -0.25) is 0 Å². The molecule has 2 nitrogen and oxygen atoms in total. The Labute approximate surface area is 110 Å². The van der Waals surface area contributed by atoms with Crippen LogP contribution in [0.4, 0.5) is 0 Å². The number of fused-ring (bicyclic) bond motifs is 1. The van der Waals surface area contributed by atoms with Crippen LogP contribution in [0.2, 0.25) is 0 Å². The van der Waals surface area contributed by atoms with Gasteiger partial charge in [-0.25, -0.2) is 0 Å². The second-order valence-corrected chi connectivity index (χ2v) is 6.02. The molecule has 0 aliphatic heterocycles. The lowest BCUT2D eigenvalue weighted by atomic mass is 9.99. The number of hydrogen-bond acceptors (Lipinski definition) is 2. The summed E-state index contributed by atoms with van der Waals surface area (Å²) in [7, 11) is 0. The molecular weight excluding hydrogens is 242 g/mol. The van der Waals surface area contributed by atoms with Crippen LogP contribution in [-0.2, 0) is 0 Å². The van der Waals surface area contributed by atoms with Crippen molar-refractivity contribution in [2.75, 3.05) is 0 Å². The van der Waals surface area contributed by atoms with E-state index < -0.39 is 6.10 Å². The van der Waals surface area contributed by atoms with E-state index in [1.165, 1.54) is 9.75 Å². The second-order valence-electron chi connectivity index (χ2n) is 4.56. The molecule has 3 aromatic rings. The monoisotopic (exact) mass is 257 g/mol. The molecule has 2 aromatic heterocycles. The van der Waals surface area contributed by atoms with Gasteiger partial charge < -0.3 is 10.1 Å². The van der Waals surface area contributed by atoms with Crippen LogP contribution in [0, 0.1) is 13.8 Å². The Bertz CT molecular complexity index is 695. The van der Waals surface area contributed by atoms with E-state index in [1.807, 2.05) is 30.5 Å². The van der Waals surface area contributed by atoms with Crippen LogP contribution in [-0.4, -0.2) is 10.1 Å². The summed E-state index contributed by atoms with van der Waals surface area (Å²) < 4.78 is 0. The second kappa shape index (κ2) is 4.26. The lowest BCUT2D eigenvalue weighted by Gasteiger charge is -2.12. The Balaban J connectivity index is 2.14. The Kier molecular flexibility index (Phi) is 2.73. The van der Waals surface area contributed by atoms with Crippen LogP contribution in [0.15, 0.2) is 36.5 Å². The zero-order valence-electron chi connectivity index (χ0n) is 10.4. The van der Waals surface area contributed by atoms with Crippen LogP contribution in [0.5, 0.6) is 0 Å². The number of thiophene rings is 1. The van der Waals surface area contributed by atoms with Crippen molar-refractivity contribution in [3.05, 3.63) is 57.4 Å². The summed E-state index contributed by atoms with van der Waals surface area (Å²) in [6.07, 6.45) is 1.36. The number of aliphatic hydroxyl groups is 1. The molecule has 0 saturated carbocycles. The van der Waals surface area contributed by atoms with E-state index in [0.717, 1.165) is 22.0 Å². The summed E-state index contributed by atoms with van der Waals surface area (Å²) in [5.74, 6) is 0. The number of aromatic amines is 1. The van der Waals surface area contributed by atoms with Gasteiger partial charge in [-0.15, -0.1) is 11.3 Å². The van der Waals surface area contributed by atoms with Gasteiger partial charge in [-0.1, -0.05) is 12.1 Å². The third-order valence-electron chi connectivity index (χ3n) is 3.30. The van der Waals surface area contributed by atoms with E-state index in [2.05, 4.69) is 24.9 Å². The molecule has 0 amide bonds. The summed E-state index contributed by atoms with van der Waals surface area (Å²) >= 11 is 1.73. The first kappa shape index (κ1) is 11.5. The summed E-state index contributed by atoms with van der Waals surface area (Å²) in [5, 5.41) is 11.7. The third kappa shape index (κ3) is 1.76. The number of H-pyrrole nitrogens is 1. The topological polar surface area (TPSA) is 36.0 Å². The molecule has 3 rings (SSSR count). The fourth-order valence-corrected chi connectivity index (χ4v) is 3.39. The maximum absolute atomic E-state index is 10.6. The standard InChI is InChI=1S/C15H15NOS/c1-9-8-13(10(2)18-9)15(17)12-4-3-5-14-11(12)6-7-16-14/h3-8,15-17H,1-2H3. The molecule has 2 N–H and O–H groups in total. The quantitative estimate of drug-likeness (QED) is 0.717. The van der Waals surface area contributed by atoms with E-state index in [9.17, 15) is 5.11 Å². The molecule has 1 atom stereocenters. The van der Waals surface area contributed by atoms with Gasteiger partial charge in [0.25, 0.3) is 0 Å². The van der Waals surface area contributed by atoms with Crippen LogP contribution in [0.25, 0.3) is 10.9 Å². The lowest BCUT2D eigenvalue weighted by molar-refractivity contribution is 0.221. The van der Waals surface area contributed by atoms with E-state index in [-0.39, 0.29) is 0 Å². The Morgan fingerprint density at radius 3 is 2.72 bits per heavy atom. The van der Waals surface area contributed by atoms with E-state index in [0.29, 0.717) is 0 Å². The van der Waals surface area contributed by atoms with Gasteiger partial charge in [0.1, 0.15) is 6.10 Å². The largest absolute Gasteiger partial charge is 0.384 e. The van der Waals surface area contributed by atoms with Crippen molar-refractivity contribution in [2.24, 2.45) is 0 Å². The minimum Gasteiger partial charge on any atom is -0.384 e. The highest BCUT2D eigenvalue weighted by molar-refractivity contribution is 7.12. The summed E-state index contributed by atoms with van der Waals surface area (Å²) in [6.45, 7) is 4.14. The predicted molar refractivity (Wildman–Crippen MR) is 76.2 cm³/mol. The number of aromatic nitrogens is 1. The molecule has 0 aliphatic rings. The van der Waals surface area contributed by atoms with Crippen LogP contribution in [0.1, 0.15) is 27.0 Å². The van der Waals surface area contributed by atoms with Gasteiger partial charge in [0.05, 0.1) is 0 Å². The summed E-state index contributed by atoms with van der Waals surface area (Å²) in [5.41, 5.74) is 3.05. The van der Waals surface area contributed by atoms with Crippen molar-refractivity contribution >= 4 is 22.2 Å². The van der Waals surface area contributed by atoms with E-state index in [4.69, 9.17) is 0 Å². The molecule has 1 unspecified atom stereocenters. The lowest BCUT2D eigenvalue weighted by Crippen LogP contribution is -2.00. The van der Waals surface area contributed by atoms with Gasteiger partial charge in [0.15, 0.2) is 0 Å². The molecule has 2 heterocycles. The SMILES string of the molecule is Cc1cc(C(O)c2cccc3[nH]ccc23)c(C)s1. The van der Waals surface area contributed by atoms with Crippen molar-refractivity contribution in [1.82, 2.24) is 4.98 Å². The zero-order valence-corrected chi connectivity index (χ0v) is 11.2. The molecule has 18 heavy (non-hydrogen) atoms. The number of aryl methyl sites for hydroxylation is 2. The Hall–Kier alpha value is -1.58. The highest BCUT2D eigenvalue weighted by atomic mass is 32.1. The molecule has 0 saturated heterocycles. The number of aliphatic hydroxyl groups excluding tert-OH is 1. The van der Waals surface area contributed by atoms with Gasteiger partial charge in [-0.05, 0) is 43.2 Å². The minimum absolute atomic E-state index is 0.547. The predicted octanol–water partition coefficient (Wildman–Crippen LogP) is 3.93. The third-order valence-corrected chi connectivity index (χ3v) is 4.28. The van der Waals surface area contributed by atoms with Gasteiger partial charge in [0, 0.05) is 26.9 Å². The molecular formula is C15H15NOS. The van der Waals surface area contributed by atoms with Crippen molar-refractivity contribution in [1.29, 1.82) is 0 Å². The smallest absolute Gasteiger partial charge is 0.106 e. The van der Waals surface area contributed by atoms with Crippen molar-refractivity contribution in [3.8, 4) is 0 Å². The van der Waals surface area contributed by atoms with Gasteiger partial charge in [0.2, 0.25) is 0 Å². The van der Waals surface area contributed by atoms with Crippen molar-refractivity contribution in [2.45, 2.75) is 20.0 Å². The maximum Gasteiger partial charge on any atom is 0.106 e.